The highest BCUT2D eigenvalue weighted by atomic mass is 127. The number of nitrogens with zero attached hydrogens (tertiary/aromatic N) is 1. The molecule has 0 spiro atoms. The van der Waals surface area contributed by atoms with Crippen LogP contribution in [0.5, 0.6) is 0 Å². The summed E-state index contributed by atoms with van der Waals surface area (Å²) >= 11 is 0. The van der Waals surface area contributed by atoms with E-state index in [1.807, 2.05) is 13.0 Å². The summed E-state index contributed by atoms with van der Waals surface area (Å²) < 4.78 is 41.1. The van der Waals surface area contributed by atoms with Crippen molar-refractivity contribution in [2.45, 2.75) is 38.9 Å². The van der Waals surface area contributed by atoms with Crippen LogP contribution in [0.25, 0.3) is 0 Å². The van der Waals surface area contributed by atoms with Gasteiger partial charge in [0.05, 0.1) is 6.26 Å². The lowest BCUT2D eigenvalue weighted by molar-refractivity contribution is -0.135. The third kappa shape index (κ3) is 10.4. The van der Waals surface area contributed by atoms with E-state index in [1.54, 1.807) is 12.3 Å². The maximum absolute atomic E-state index is 12.0. The Bertz CT molecular complexity index is 394. The third-order valence-corrected chi connectivity index (χ3v) is 2.50. The second-order valence-electron chi connectivity index (χ2n) is 4.27. The third-order valence-electron chi connectivity index (χ3n) is 2.50. The summed E-state index contributed by atoms with van der Waals surface area (Å²) in [5.74, 6) is 1.31. The van der Waals surface area contributed by atoms with Crippen molar-refractivity contribution in [2.75, 3.05) is 13.1 Å². The van der Waals surface area contributed by atoms with Crippen LogP contribution in [-0.2, 0) is 6.54 Å². The maximum atomic E-state index is 12.0. The zero-order chi connectivity index (χ0) is 14.8. The SMILES string of the molecule is CCNC(=NCc1ccco1)NCCCCC(F)(F)F.I. The van der Waals surface area contributed by atoms with E-state index in [0.717, 1.165) is 5.76 Å². The first-order valence-electron chi connectivity index (χ1n) is 6.62. The van der Waals surface area contributed by atoms with Gasteiger partial charge in [-0.05, 0) is 31.9 Å². The normalized spacial score (nSPS) is 11.9. The summed E-state index contributed by atoms with van der Waals surface area (Å²) in [6.07, 6.45) is -2.67. The molecule has 21 heavy (non-hydrogen) atoms. The molecule has 0 fully saturated rings. The lowest BCUT2D eigenvalue weighted by Gasteiger charge is -2.11. The summed E-state index contributed by atoms with van der Waals surface area (Å²) in [4.78, 5) is 4.28. The van der Waals surface area contributed by atoms with Crippen LogP contribution in [0, 0.1) is 0 Å². The number of aliphatic imine (C=N–C) groups is 1. The standard InChI is InChI=1S/C13H20F3N3O.HI/c1-2-17-12(19-10-11-6-5-9-20-11)18-8-4-3-7-13(14,15)16;/h5-6,9H,2-4,7-8,10H2,1H3,(H2,17,18,19);1H. The van der Waals surface area contributed by atoms with Crippen LogP contribution < -0.4 is 10.6 Å². The topological polar surface area (TPSA) is 49.6 Å². The number of rotatable bonds is 7. The average Bonchev–Trinajstić information content (AvgIpc) is 2.87. The first-order chi connectivity index (χ1) is 9.51. The van der Waals surface area contributed by atoms with Crippen molar-refractivity contribution >= 4 is 29.9 Å². The van der Waals surface area contributed by atoms with Gasteiger partial charge in [-0.2, -0.15) is 13.2 Å². The molecule has 1 rings (SSSR count). The molecule has 1 aromatic heterocycles. The smallest absolute Gasteiger partial charge is 0.389 e. The van der Waals surface area contributed by atoms with Crippen molar-refractivity contribution in [1.29, 1.82) is 0 Å². The van der Waals surface area contributed by atoms with Gasteiger partial charge in [-0.15, -0.1) is 24.0 Å². The molecule has 0 saturated heterocycles. The highest BCUT2D eigenvalue weighted by Gasteiger charge is 2.25. The molecule has 0 aromatic carbocycles. The van der Waals surface area contributed by atoms with Gasteiger partial charge in [0.25, 0.3) is 0 Å². The lowest BCUT2D eigenvalue weighted by Crippen LogP contribution is -2.37. The summed E-state index contributed by atoms with van der Waals surface area (Å²) in [5, 5.41) is 6.03. The zero-order valence-electron chi connectivity index (χ0n) is 11.9. The van der Waals surface area contributed by atoms with Gasteiger partial charge in [-0.3, -0.25) is 0 Å². The molecule has 1 heterocycles. The second-order valence-corrected chi connectivity index (χ2v) is 4.27. The number of hydrogen-bond donors (Lipinski definition) is 2. The summed E-state index contributed by atoms with van der Waals surface area (Å²) in [5.41, 5.74) is 0. The van der Waals surface area contributed by atoms with Crippen LogP contribution in [0.2, 0.25) is 0 Å². The minimum absolute atomic E-state index is 0. The molecular formula is C13H21F3IN3O. The minimum atomic E-state index is -4.07. The highest BCUT2D eigenvalue weighted by Crippen LogP contribution is 2.21. The van der Waals surface area contributed by atoms with Crippen LogP contribution in [-0.4, -0.2) is 25.2 Å². The van der Waals surface area contributed by atoms with Crippen molar-refractivity contribution < 1.29 is 17.6 Å². The zero-order valence-corrected chi connectivity index (χ0v) is 14.2. The fraction of sp³-hybridized carbons (Fsp3) is 0.615. The van der Waals surface area contributed by atoms with E-state index < -0.39 is 12.6 Å². The number of guanidine groups is 1. The minimum Gasteiger partial charge on any atom is -0.467 e. The Morgan fingerprint density at radius 3 is 2.62 bits per heavy atom. The summed E-state index contributed by atoms with van der Waals surface area (Å²) in [6, 6.07) is 3.60. The van der Waals surface area contributed by atoms with Crippen LogP contribution >= 0.6 is 24.0 Å². The fourth-order valence-electron chi connectivity index (χ4n) is 1.56. The van der Waals surface area contributed by atoms with E-state index in [0.29, 0.717) is 32.0 Å². The van der Waals surface area contributed by atoms with E-state index >= 15 is 0 Å². The molecule has 0 aliphatic rings. The maximum Gasteiger partial charge on any atom is 0.389 e. The van der Waals surface area contributed by atoms with Crippen LogP contribution in [0.4, 0.5) is 13.2 Å². The molecule has 1 aromatic rings. The first kappa shape index (κ1) is 20.1. The summed E-state index contributed by atoms with van der Waals surface area (Å²) in [6.45, 7) is 3.46. The predicted molar refractivity (Wildman–Crippen MR) is 86.8 cm³/mol. The van der Waals surface area contributed by atoms with Gasteiger partial charge < -0.3 is 15.1 Å². The van der Waals surface area contributed by atoms with Crippen molar-refractivity contribution in [1.82, 2.24) is 10.6 Å². The molecule has 0 aliphatic carbocycles. The molecule has 8 heteroatoms. The van der Waals surface area contributed by atoms with Crippen molar-refractivity contribution in [3.63, 3.8) is 0 Å². The Morgan fingerprint density at radius 2 is 2.05 bits per heavy atom. The molecule has 122 valence electrons. The monoisotopic (exact) mass is 419 g/mol. The summed E-state index contributed by atoms with van der Waals surface area (Å²) in [7, 11) is 0. The van der Waals surface area contributed by atoms with Crippen LogP contribution in [0.1, 0.15) is 31.9 Å². The number of alkyl halides is 3. The molecule has 0 atom stereocenters. The Morgan fingerprint density at radius 1 is 1.29 bits per heavy atom. The van der Waals surface area contributed by atoms with Gasteiger partial charge in [0, 0.05) is 19.5 Å². The lowest BCUT2D eigenvalue weighted by atomic mass is 10.2. The van der Waals surface area contributed by atoms with E-state index in [-0.39, 0.29) is 30.4 Å². The van der Waals surface area contributed by atoms with Gasteiger partial charge in [0.1, 0.15) is 12.3 Å². The number of halogens is 4. The number of hydrogen-bond acceptors (Lipinski definition) is 2. The van der Waals surface area contributed by atoms with Gasteiger partial charge in [-0.1, -0.05) is 0 Å². The van der Waals surface area contributed by atoms with Crippen molar-refractivity contribution in [2.24, 2.45) is 4.99 Å². The number of unbranched alkanes of at least 4 members (excludes halogenated alkanes) is 1. The van der Waals surface area contributed by atoms with Gasteiger partial charge in [0.15, 0.2) is 5.96 Å². The first-order valence-corrected chi connectivity index (χ1v) is 6.62. The number of nitrogens with one attached hydrogen (secondary N) is 2. The molecule has 0 amide bonds. The van der Waals surface area contributed by atoms with Crippen LogP contribution in [0.3, 0.4) is 0 Å². The van der Waals surface area contributed by atoms with E-state index in [4.69, 9.17) is 4.42 Å². The van der Waals surface area contributed by atoms with Gasteiger partial charge >= 0.3 is 6.18 Å². The number of furan rings is 1. The molecule has 4 nitrogen and oxygen atoms in total. The Balaban J connectivity index is 0.00000400. The second kappa shape index (κ2) is 10.7. The Kier molecular flexibility index (Phi) is 10.3. The Hall–Kier alpha value is -0.930. The Labute approximate surface area is 139 Å². The molecule has 2 N–H and O–H groups in total. The largest absolute Gasteiger partial charge is 0.467 e. The van der Waals surface area contributed by atoms with Crippen molar-refractivity contribution in [3.05, 3.63) is 24.2 Å². The van der Waals surface area contributed by atoms with E-state index in [9.17, 15) is 13.2 Å². The quantitative estimate of drug-likeness (QED) is 0.307. The molecule has 0 unspecified atom stereocenters. The molecular weight excluding hydrogens is 398 g/mol. The van der Waals surface area contributed by atoms with Gasteiger partial charge in [0.2, 0.25) is 0 Å². The molecule has 0 aliphatic heterocycles. The van der Waals surface area contributed by atoms with E-state index in [2.05, 4.69) is 15.6 Å². The van der Waals surface area contributed by atoms with E-state index in [1.165, 1.54) is 0 Å². The fourth-order valence-corrected chi connectivity index (χ4v) is 1.56. The molecule has 0 radical (unpaired) electrons. The molecule has 0 bridgehead atoms. The average molecular weight is 419 g/mol. The molecule has 0 saturated carbocycles. The highest BCUT2D eigenvalue weighted by molar-refractivity contribution is 14.0. The van der Waals surface area contributed by atoms with Crippen LogP contribution in [0.15, 0.2) is 27.8 Å². The van der Waals surface area contributed by atoms with Crippen molar-refractivity contribution in [3.8, 4) is 0 Å². The predicted octanol–water partition coefficient (Wildman–Crippen LogP) is 3.69. The van der Waals surface area contributed by atoms with Gasteiger partial charge in [-0.25, -0.2) is 4.99 Å².